The van der Waals surface area contributed by atoms with Crippen LogP contribution in [0.15, 0.2) is 0 Å². The van der Waals surface area contributed by atoms with E-state index in [4.69, 9.17) is 10.5 Å². The van der Waals surface area contributed by atoms with E-state index in [1.165, 1.54) is 0 Å². The minimum Gasteiger partial charge on any atom is -0.375 e. The van der Waals surface area contributed by atoms with Gasteiger partial charge in [-0.05, 0) is 26.9 Å². The molecule has 1 amide bonds. The van der Waals surface area contributed by atoms with Gasteiger partial charge in [-0.25, -0.2) is 0 Å². The number of hydrogen-bond donors (Lipinski definition) is 2. The summed E-state index contributed by atoms with van der Waals surface area (Å²) < 4.78 is 5.70. The number of nitrogens with zero attached hydrogens (tertiary/aromatic N) is 1. The van der Waals surface area contributed by atoms with Crippen molar-refractivity contribution in [1.29, 1.82) is 0 Å². The fraction of sp³-hybridized carbons (Fsp3) is 0.929. The quantitative estimate of drug-likeness (QED) is 0.716. The molecule has 0 aromatic carbocycles. The van der Waals surface area contributed by atoms with Crippen LogP contribution < -0.4 is 11.1 Å². The summed E-state index contributed by atoms with van der Waals surface area (Å²) in [5.41, 5.74) is 5.03. The van der Waals surface area contributed by atoms with Crippen molar-refractivity contribution in [3.8, 4) is 0 Å². The molecule has 2 atom stereocenters. The van der Waals surface area contributed by atoms with Gasteiger partial charge in [0.2, 0.25) is 5.91 Å². The molecule has 0 bridgehead atoms. The highest BCUT2D eigenvalue weighted by Gasteiger charge is 2.42. The average Bonchev–Trinajstić information content (AvgIpc) is 2.33. The lowest BCUT2D eigenvalue weighted by Crippen LogP contribution is -2.62. The Morgan fingerprint density at radius 1 is 1.32 bits per heavy atom. The van der Waals surface area contributed by atoms with E-state index in [1.807, 2.05) is 13.8 Å². The summed E-state index contributed by atoms with van der Waals surface area (Å²) in [6, 6.07) is 0. The van der Waals surface area contributed by atoms with Crippen molar-refractivity contribution in [3.05, 3.63) is 0 Å². The van der Waals surface area contributed by atoms with Gasteiger partial charge < -0.3 is 20.7 Å². The molecule has 0 radical (unpaired) electrons. The second-order valence-corrected chi connectivity index (χ2v) is 5.57. The Balaban J connectivity index is 2.59. The van der Waals surface area contributed by atoms with Gasteiger partial charge in [-0.2, -0.15) is 0 Å². The van der Waals surface area contributed by atoms with Gasteiger partial charge in [-0.1, -0.05) is 13.8 Å². The van der Waals surface area contributed by atoms with Crippen LogP contribution in [0.1, 0.15) is 40.5 Å². The molecule has 0 aliphatic carbocycles. The summed E-state index contributed by atoms with van der Waals surface area (Å²) in [5, 5.41) is 3.40. The van der Waals surface area contributed by atoms with E-state index in [0.717, 1.165) is 26.2 Å². The van der Waals surface area contributed by atoms with Crippen molar-refractivity contribution in [2.24, 2.45) is 5.73 Å². The third-order valence-electron chi connectivity index (χ3n) is 3.99. The van der Waals surface area contributed by atoms with Crippen LogP contribution in [0.4, 0.5) is 0 Å². The first-order chi connectivity index (χ1) is 8.93. The van der Waals surface area contributed by atoms with Gasteiger partial charge in [0.05, 0.1) is 12.2 Å². The maximum atomic E-state index is 11.9. The number of hydrogen-bond acceptors (Lipinski definition) is 4. The van der Waals surface area contributed by atoms with E-state index < -0.39 is 5.54 Å². The Morgan fingerprint density at radius 3 is 2.26 bits per heavy atom. The fourth-order valence-electron chi connectivity index (χ4n) is 2.98. The van der Waals surface area contributed by atoms with Crippen LogP contribution in [0.3, 0.4) is 0 Å². The molecule has 5 nitrogen and oxygen atoms in total. The fourth-order valence-corrected chi connectivity index (χ4v) is 2.98. The van der Waals surface area contributed by atoms with Crippen LogP contribution >= 0.6 is 0 Å². The first kappa shape index (κ1) is 16.4. The number of primary amides is 1. The Hall–Kier alpha value is -0.650. The molecule has 1 saturated heterocycles. The number of nitrogens with one attached hydrogen (secondary N) is 1. The largest absolute Gasteiger partial charge is 0.375 e. The average molecular weight is 271 g/mol. The smallest absolute Gasteiger partial charge is 0.237 e. The molecule has 19 heavy (non-hydrogen) atoms. The minimum absolute atomic E-state index is 0.0669. The number of likely N-dealkylation sites (N-methyl/N-ethyl adjacent to an activating group) is 1. The second-order valence-electron chi connectivity index (χ2n) is 5.57. The van der Waals surface area contributed by atoms with Gasteiger partial charge in [0.15, 0.2) is 0 Å². The predicted molar refractivity (Wildman–Crippen MR) is 77.0 cm³/mol. The second kappa shape index (κ2) is 7.22. The molecule has 3 N–H and O–H groups in total. The molecule has 1 fully saturated rings. The molecule has 1 aliphatic heterocycles. The molecule has 2 unspecified atom stereocenters. The van der Waals surface area contributed by atoms with Crippen molar-refractivity contribution in [2.45, 2.75) is 58.3 Å². The number of nitrogens with two attached hydrogens (primary N) is 1. The predicted octanol–water partition coefficient (Wildman–Crippen LogP) is 0.729. The van der Waals surface area contributed by atoms with Gasteiger partial charge in [0.25, 0.3) is 0 Å². The van der Waals surface area contributed by atoms with E-state index >= 15 is 0 Å². The van der Waals surface area contributed by atoms with E-state index in [2.05, 4.69) is 24.1 Å². The first-order valence-corrected chi connectivity index (χ1v) is 7.36. The maximum Gasteiger partial charge on any atom is 0.237 e. The molecule has 1 heterocycles. The Morgan fingerprint density at radius 2 is 1.84 bits per heavy atom. The molecular formula is C14H29N3O2. The lowest BCUT2D eigenvalue weighted by molar-refractivity contribution is -0.135. The Kier molecular flexibility index (Phi) is 6.23. The molecule has 1 aliphatic rings. The van der Waals surface area contributed by atoms with Crippen LogP contribution in [-0.4, -0.2) is 54.7 Å². The standard InChI is InChI=1S/C14H29N3O2/c1-5-17(6-2)8-7-16-14(13(15)18)9-11(3)19-12(4)10-14/h11-12,16H,5-10H2,1-4H3,(H2,15,18). The normalized spacial score (nSPS) is 31.6. The lowest BCUT2D eigenvalue weighted by atomic mass is 9.83. The summed E-state index contributed by atoms with van der Waals surface area (Å²) in [6.07, 6.45) is 1.45. The SMILES string of the molecule is CCN(CC)CCNC1(C(N)=O)CC(C)OC(C)C1. The third-order valence-corrected chi connectivity index (χ3v) is 3.99. The van der Waals surface area contributed by atoms with E-state index in [1.54, 1.807) is 0 Å². The van der Waals surface area contributed by atoms with Gasteiger partial charge in [0, 0.05) is 25.9 Å². The summed E-state index contributed by atoms with van der Waals surface area (Å²) >= 11 is 0. The number of rotatable bonds is 7. The van der Waals surface area contributed by atoms with Gasteiger partial charge >= 0.3 is 0 Å². The third kappa shape index (κ3) is 4.44. The summed E-state index contributed by atoms with van der Waals surface area (Å²) in [4.78, 5) is 14.2. The summed E-state index contributed by atoms with van der Waals surface area (Å²) in [7, 11) is 0. The summed E-state index contributed by atoms with van der Waals surface area (Å²) in [6.45, 7) is 12.1. The van der Waals surface area contributed by atoms with Crippen molar-refractivity contribution >= 4 is 5.91 Å². The highest BCUT2D eigenvalue weighted by Crippen LogP contribution is 2.28. The van der Waals surface area contributed by atoms with Crippen LogP contribution in [0.25, 0.3) is 0 Å². The highest BCUT2D eigenvalue weighted by molar-refractivity contribution is 5.84. The lowest BCUT2D eigenvalue weighted by Gasteiger charge is -2.41. The van der Waals surface area contributed by atoms with E-state index in [-0.39, 0.29) is 18.1 Å². The van der Waals surface area contributed by atoms with E-state index in [0.29, 0.717) is 12.8 Å². The van der Waals surface area contributed by atoms with Crippen LogP contribution in [0, 0.1) is 0 Å². The molecule has 0 saturated carbocycles. The minimum atomic E-state index is -0.607. The molecule has 5 heteroatoms. The zero-order chi connectivity index (χ0) is 14.5. The van der Waals surface area contributed by atoms with Crippen LogP contribution in [0.2, 0.25) is 0 Å². The van der Waals surface area contributed by atoms with Gasteiger partial charge in [-0.15, -0.1) is 0 Å². The Bertz CT molecular complexity index is 282. The molecule has 0 aromatic rings. The number of amides is 1. The first-order valence-electron chi connectivity index (χ1n) is 7.36. The number of carbonyl (C=O) groups excluding carboxylic acids is 1. The van der Waals surface area contributed by atoms with E-state index in [9.17, 15) is 4.79 Å². The monoisotopic (exact) mass is 271 g/mol. The zero-order valence-corrected chi connectivity index (χ0v) is 12.7. The molecule has 112 valence electrons. The maximum absolute atomic E-state index is 11.9. The van der Waals surface area contributed by atoms with Crippen molar-refractivity contribution in [3.63, 3.8) is 0 Å². The van der Waals surface area contributed by atoms with Crippen molar-refractivity contribution < 1.29 is 9.53 Å². The molecule has 0 spiro atoms. The van der Waals surface area contributed by atoms with Crippen molar-refractivity contribution in [1.82, 2.24) is 10.2 Å². The van der Waals surface area contributed by atoms with Crippen LogP contribution in [0.5, 0.6) is 0 Å². The highest BCUT2D eigenvalue weighted by atomic mass is 16.5. The van der Waals surface area contributed by atoms with Crippen molar-refractivity contribution in [2.75, 3.05) is 26.2 Å². The van der Waals surface area contributed by atoms with Gasteiger partial charge in [0.1, 0.15) is 5.54 Å². The molecule has 1 rings (SSSR count). The number of ether oxygens (including phenoxy) is 1. The molecule has 0 aromatic heterocycles. The zero-order valence-electron chi connectivity index (χ0n) is 12.7. The Labute approximate surface area is 116 Å². The summed E-state index contributed by atoms with van der Waals surface area (Å²) in [5.74, 6) is -0.256. The molecular weight excluding hydrogens is 242 g/mol. The van der Waals surface area contributed by atoms with Crippen LogP contribution in [-0.2, 0) is 9.53 Å². The van der Waals surface area contributed by atoms with Gasteiger partial charge in [-0.3, -0.25) is 4.79 Å². The number of carbonyl (C=O) groups is 1. The topological polar surface area (TPSA) is 67.6 Å².